The van der Waals surface area contributed by atoms with Crippen molar-refractivity contribution in [3.63, 3.8) is 0 Å². The smallest absolute Gasteiger partial charge is 0.254 e. The molecule has 202 valence electrons. The third-order valence-corrected chi connectivity index (χ3v) is 8.75. The molecule has 4 rings (SSSR count). The number of carbonyl (C=O) groups is 3. The zero-order valence-corrected chi connectivity index (χ0v) is 23.1. The van der Waals surface area contributed by atoms with Crippen LogP contribution < -0.4 is 10.6 Å². The summed E-state index contributed by atoms with van der Waals surface area (Å²) in [7, 11) is 0. The number of benzene rings is 2. The molecule has 1 fully saturated rings. The fraction of sp³-hybridized carbons (Fsp3) is 0.433. The molecular weight excluding hydrogens is 498 g/mol. The Kier molecular flexibility index (Phi) is 8.95. The van der Waals surface area contributed by atoms with Crippen LogP contribution in [0.3, 0.4) is 0 Å². The highest BCUT2D eigenvalue weighted by Crippen LogP contribution is 2.40. The van der Waals surface area contributed by atoms with Gasteiger partial charge in [0.1, 0.15) is 6.04 Å². The van der Waals surface area contributed by atoms with Gasteiger partial charge in [0, 0.05) is 16.9 Å². The molecule has 0 saturated carbocycles. The van der Waals surface area contributed by atoms with Gasteiger partial charge >= 0.3 is 0 Å². The van der Waals surface area contributed by atoms with E-state index >= 15 is 0 Å². The van der Waals surface area contributed by atoms with Gasteiger partial charge < -0.3 is 20.6 Å². The number of amides is 3. The van der Waals surface area contributed by atoms with Gasteiger partial charge in [-0.3, -0.25) is 14.4 Å². The number of allylic oxidation sites excluding steroid dienone is 1. The van der Waals surface area contributed by atoms with E-state index in [-0.39, 0.29) is 17.7 Å². The predicted octanol–water partition coefficient (Wildman–Crippen LogP) is 3.49. The summed E-state index contributed by atoms with van der Waals surface area (Å²) in [4.78, 5) is 41.5. The van der Waals surface area contributed by atoms with Crippen molar-refractivity contribution < 1.29 is 19.5 Å². The second-order valence-electron chi connectivity index (χ2n) is 10.6. The second-order valence-corrected chi connectivity index (χ2v) is 12.2. The molecule has 3 amide bonds. The van der Waals surface area contributed by atoms with Gasteiger partial charge in [0.25, 0.3) is 5.91 Å². The van der Waals surface area contributed by atoms with E-state index < -0.39 is 28.8 Å². The predicted molar refractivity (Wildman–Crippen MR) is 150 cm³/mol. The Morgan fingerprint density at radius 2 is 1.82 bits per heavy atom. The highest BCUT2D eigenvalue weighted by molar-refractivity contribution is 8.00. The summed E-state index contributed by atoms with van der Waals surface area (Å²) in [6, 6.07) is 15.7. The number of aliphatic hydroxyl groups is 1. The van der Waals surface area contributed by atoms with Gasteiger partial charge in [-0.1, -0.05) is 60.7 Å². The fourth-order valence-electron chi connectivity index (χ4n) is 5.09. The van der Waals surface area contributed by atoms with Crippen LogP contribution in [0.2, 0.25) is 0 Å². The van der Waals surface area contributed by atoms with E-state index in [1.54, 1.807) is 0 Å². The molecule has 1 aliphatic heterocycles. The zero-order chi connectivity index (χ0) is 27.3. The van der Waals surface area contributed by atoms with Gasteiger partial charge in [-0.05, 0) is 63.1 Å². The van der Waals surface area contributed by atoms with Crippen molar-refractivity contribution in [2.45, 2.75) is 75.9 Å². The van der Waals surface area contributed by atoms with E-state index in [2.05, 4.69) is 10.6 Å². The molecule has 3 N–H and O–H groups in total. The molecule has 7 nitrogen and oxygen atoms in total. The summed E-state index contributed by atoms with van der Waals surface area (Å²) in [6.07, 6.45) is 3.18. The molecule has 2 aliphatic rings. The summed E-state index contributed by atoms with van der Waals surface area (Å²) in [6.45, 7) is 6.22. The standard InChI is InChI=1S/C30H37N3O4S/c1-20-11-7-8-16-23(20)18-31-28(36)26-30(2,3)38-19-33(26)29(37)25(34)24(17-21-12-5-4-6-13-21)32-27(35)22-14-9-10-15-22/h4-8,11-14,16,24-26,34H,9-10,15,17-19H2,1-3H3,(H,31,36)(H,32,35)/t24-,25-,26+/m0/s1. The Morgan fingerprint density at radius 3 is 2.50 bits per heavy atom. The molecular formula is C30H37N3O4S. The van der Waals surface area contributed by atoms with Gasteiger partial charge in [-0.25, -0.2) is 0 Å². The summed E-state index contributed by atoms with van der Waals surface area (Å²) in [5, 5.41) is 17.3. The minimum absolute atomic E-state index is 0.251. The van der Waals surface area contributed by atoms with Crippen molar-refractivity contribution in [2.75, 3.05) is 5.88 Å². The maximum absolute atomic E-state index is 13.7. The summed E-state index contributed by atoms with van der Waals surface area (Å²) in [5.41, 5.74) is 3.67. The molecule has 1 aliphatic carbocycles. The average molecular weight is 536 g/mol. The lowest BCUT2D eigenvalue weighted by atomic mass is 9.96. The quantitative estimate of drug-likeness (QED) is 0.457. The van der Waals surface area contributed by atoms with E-state index in [4.69, 9.17) is 0 Å². The molecule has 0 unspecified atom stereocenters. The molecule has 0 spiro atoms. The number of nitrogens with one attached hydrogen (secondary N) is 2. The number of carbonyl (C=O) groups excluding carboxylic acids is 3. The van der Waals surface area contributed by atoms with Crippen LogP contribution in [-0.4, -0.2) is 56.5 Å². The Labute approximate surface area is 229 Å². The highest BCUT2D eigenvalue weighted by Gasteiger charge is 2.49. The van der Waals surface area contributed by atoms with Crippen molar-refractivity contribution in [1.82, 2.24) is 15.5 Å². The molecule has 8 heteroatoms. The maximum Gasteiger partial charge on any atom is 0.254 e. The molecule has 38 heavy (non-hydrogen) atoms. The minimum Gasteiger partial charge on any atom is -0.381 e. The first kappa shape index (κ1) is 27.9. The van der Waals surface area contributed by atoms with Crippen molar-refractivity contribution in [3.8, 4) is 0 Å². The largest absolute Gasteiger partial charge is 0.381 e. The number of nitrogens with zero attached hydrogens (tertiary/aromatic N) is 1. The third-order valence-electron chi connectivity index (χ3n) is 7.37. The van der Waals surface area contributed by atoms with E-state index in [1.165, 1.54) is 16.7 Å². The van der Waals surface area contributed by atoms with Gasteiger partial charge in [-0.2, -0.15) is 0 Å². The van der Waals surface area contributed by atoms with Crippen LogP contribution in [-0.2, 0) is 27.3 Å². The molecule has 3 atom stereocenters. The van der Waals surface area contributed by atoms with Crippen LogP contribution in [0.4, 0.5) is 0 Å². The van der Waals surface area contributed by atoms with Gasteiger partial charge in [-0.15, -0.1) is 11.8 Å². The van der Waals surface area contributed by atoms with Crippen LogP contribution in [0.25, 0.3) is 0 Å². The lowest BCUT2D eigenvalue weighted by molar-refractivity contribution is -0.147. The van der Waals surface area contributed by atoms with Crippen molar-refractivity contribution in [1.29, 1.82) is 0 Å². The van der Waals surface area contributed by atoms with Crippen LogP contribution in [0.15, 0.2) is 66.2 Å². The number of rotatable bonds is 9. The molecule has 0 aromatic heterocycles. The van der Waals surface area contributed by atoms with E-state index in [1.807, 2.05) is 81.4 Å². The fourth-order valence-corrected chi connectivity index (χ4v) is 6.23. The lowest BCUT2D eigenvalue weighted by Gasteiger charge is -2.33. The maximum atomic E-state index is 13.7. The third kappa shape index (κ3) is 6.48. The highest BCUT2D eigenvalue weighted by atomic mass is 32.2. The summed E-state index contributed by atoms with van der Waals surface area (Å²) < 4.78 is -0.544. The zero-order valence-electron chi connectivity index (χ0n) is 22.3. The first-order chi connectivity index (χ1) is 18.2. The summed E-state index contributed by atoms with van der Waals surface area (Å²) in [5.74, 6) is -0.786. The van der Waals surface area contributed by atoms with Crippen molar-refractivity contribution >= 4 is 29.5 Å². The van der Waals surface area contributed by atoms with E-state index in [0.717, 1.165) is 29.5 Å². The van der Waals surface area contributed by atoms with E-state index in [9.17, 15) is 19.5 Å². The molecule has 2 aromatic carbocycles. The monoisotopic (exact) mass is 535 g/mol. The van der Waals surface area contributed by atoms with Crippen molar-refractivity contribution in [2.24, 2.45) is 0 Å². The first-order valence-corrected chi connectivity index (χ1v) is 14.1. The van der Waals surface area contributed by atoms with Gasteiger partial charge in [0.15, 0.2) is 6.10 Å². The lowest BCUT2D eigenvalue weighted by Crippen LogP contribution is -2.58. The number of aliphatic hydroxyl groups excluding tert-OH is 1. The second kappa shape index (κ2) is 12.2. The Balaban J connectivity index is 1.51. The summed E-state index contributed by atoms with van der Waals surface area (Å²) >= 11 is 1.50. The molecule has 1 heterocycles. The number of hydrogen-bond donors (Lipinski definition) is 3. The Bertz CT molecular complexity index is 1200. The van der Waals surface area contributed by atoms with Crippen LogP contribution >= 0.6 is 11.8 Å². The minimum atomic E-state index is -1.50. The normalized spacial score (nSPS) is 19.9. The molecule has 2 aromatic rings. The Morgan fingerprint density at radius 1 is 1.11 bits per heavy atom. The molecule has 0 bridgehead atoms. The van der Waals surface area contributed by atoms with Crippen LogP contribution in [0.1, 0.15) is 49.8 Å². The van der Waals surface area contributed by atoms with Gasteiger partial charge in [0.2, 0.25) is 11.8 Å². The number of aryl methyl sites for hydroxylation is 1. The first-order valence-electron chi connectivity index (χ1n) is 13.2. The molecule has 0 radical (unpaired) electrons. The van der Waals surface area contributed by atoms with Crippen LogP contribution in [0.5, 0.6) is 0 Å². The van der Waals surface area contributed by atoms with E-state index in [0.29, 0.717) is 25.0 Å². The Hall–Kier alpha value is -3.10. The topological polar surface area (TPSA) is 98.7 Å². The SMILES string of the molecule is Cc1ccccc1CNC(=O)[C@H]1N(C(=O)[C@@H](O)[C@H](Cc2ccccc2)NC(=O)C2=CCCC2)CSC1(C)C. The average Bonchev–Trinajstić information content (AvgIpc) is 3.55. The number of thioether (sulfide) groups is 1. The van der Waals surface area contributed by atoms with Crippen molar-refractivity contribution in [3.05, 3.63) is 82.9 Å². The van der Waals surface area contributed by atoms with Crippen LogP contribution in [0, 0.1) is 6.92 Å². The molecule has 1 saturated heterocycles. The van der Waals surface area contributed by atoms with Gasteiger partial charge in [0.05, 0.1) is 11.9 Å². The number of hydrogen-bond acceptors (Lipinski definition) is 5.